The quantitative estimate of drug-likeness (QED) is 0.449. The van der Waals surface area contributed by atoms with E-state index in [1.54, 1.807) is 7.11 Å². The molecule has 0 atom stereocenters. The molecule has 0 unspecified atom stereocenters. The summed E-state index contributed by atoms with van der Waals surface area (Å²) >= 11 is 0. The third-order valence-electron chi connectivity index (χ3n) is 2.51. The highest BCUT2D eigenvalue weighted by Crippen LogP contribution is 2.06. The average molecular weight is 261 g/mol. The predicted octanol–water partition coefficient (Wildman–Crippen LogP) is 2.07. The fraction of sp³-hybridized carbons (Fsp3) is 0.400. The highest BCUT2D eigenvalue weighted by atomic mass is 16.5. The first-order chi connectivity index (χ1) is 9.30. The van der Waals surface area contributed by atoms with Gasteiger partial charge in [-0.05, 0) is 18.1 Å². The van der Waals surface area contributed by atoms with Gasteiger partial charge >= 0.3 is 0 Å². The number of ether oxygens (including phenoxy) is 1. The van der Waals surface area contributed by atoms with E-state index in [0.717, 1.165) is 12.5 Å². The number of benzene rings is 1. The van der Waals surface area contributed by atoms with E-state index in [1.165, 1.54) is 11.1 Å². The van der Waals surface area contributed by atoms with Gasteiger partial charge in [-0.25, -0.2) is 4.99 Å². The van der Waals surface area contributed by atoms with Crippen LogP contribution in [0.5, 0.6) is 0 Å². The Morgan fingerprint density at radius 3 is 2.53 bits per heavy atom. The summed E-state index contributed by atoms with van der Waals surface area (Å²) in [6, 6.07) is 8.29. The van der Waals surface area contributed by atoms with E-state index in [4.69, 9.17) is 4.74 Å². The molecular formula is C15H23N3O. The Kier molecular flexibility index (Phi) is 7.35. The van der Waals surface area contributed by atoms with E-state index in [9.17, 15) is 0 Å². The second-order valence-corrected chi connectivity index (χ2v) is 4.11. The zero-order valence-corrected chi connectivity index (χ0v) is 11.8. The van der Waals surface area contributed by atoms with Crippen molar-refractivity contribution in [2.75, 3.05) is 20.2 Å². The minimum atomic E-state index is 0.646. The Morgan fingerprint density at radius 1 is 1.26 bits per heavy atom. The Balaban J connectivity index is 2.57. The van der Waals surface area contributed by atoms with Crippen molar-refractivity contribution in [3.05, 3.63) is 48.0 Å². The van der Waals surface area contributed by atoms with E-state index in [2.05, 4.69) is 46.5 Å². The Morgan fingerprint density at radius 2 is 1.95 bits per heavy atom. The summed E-state index contributed by atoms with van der Waals surface area (Å²) in [6.45, 7) is 8.58. The molecule has 1 aromatic rings. The molecule has 4 heteroatoms. The molecule has 0 aliphatic carbocycles. The zero-order valence-electron chi connectivity index (χ0n) is 11.8. The third kappa shape index (κ3) is 6.06. The number of hydrogen-bond donors (Lipinski definition) is 2. The monoisotopic (exact) mass is 261 g/mol. The number of methoxy groups -OCH3 is 1. The van der Waals surface area contributed by atoms with Crippen LogP contribution in [0.4, 0.5) is 0 Å². The zero-order chi connectivity index (χ0) is 13.9. The maximum Gasteiger partial charge on any atom is 0.191 e. The Labute approximate surface area is 115 Å². The summed E-state index contributed by atoms with van der Waals surface area (Å²) in [5, 5.41) is 6.36. The van der Waals surface area contributed by atoms with Gasteiger partial charge in [-0.3, -0.25) is 0 Å². The lowest BCUT2D eigenvalue weighted by molar-refractivity contribution is 0.185. The van der Waals surface area contributed by atoms with Crippen LogP contribution in [0.1, 0.15) is 18.1 Å². The van der Waals surface area contributed by atoms with Crippen LogP contribution in [0.15, 0.2) is 41.9 Å². The lowest BCUT2D eigenvalue weighted by Gasteiger charge is -2.09. The fourth-order valence-electron chi connectivity index (χ4n) is 1.59. The second kappa shape index (κ2) is 9.16. The largest absolute Gasteiger partial charge is 0.380 e. The molecule has 0 spiro atoms. The number of rotatable bonds is 7. The van der Waals surface area contributed by atoms with E-state index in [1.807, 2.05) is 13.0 Å². The van der Waals surface area contributed by atoms with Crippen LogP contribution in [0.3, 0.4) is 0 Å². The van der Waals surface area contributed by atoms with Gasteiger partial charge in [0.25, 0.3) is 0 Å². The highest BCUT2D eigenvalue weighted by Gasteiger charge is 1.97. The number of nitrogens with zero attached hydrogens (tertiary/aromatic N) is 1. The molecule has 4 nitrogen and oxygen atoms in total. The van der Waals surface area contributed by atoms with Gasteiger partial charge in [0, 0.05) is 20.2 Å². The minimum absolute atomic E-state index is 0.646. The summed E-state index contributed by atoms with van der Waals surface area (Å²) < 4.78 is 5.09. The predicted molar refractivity (Wildman–Crippen MR) is 80.2 cm³/mol. The van der Waals surface area contributed by atoms with Crippen LogP contribution in [0.2, 0.25) is 0 Å². The van der Waals surface area contributed by atoms with Crippen molar-refractivity contribution in [1.29, 1.82) is 0 Å². The lowest BCUT2D eigenvalue weighted by Crippen LogP contribution is -2.37. The van der Waals surface area contributed by atoms with Crippen LogP contribution in [0.25, 0.3) is 0 Å². The molecule has 1 aromatic carbocycles. The number of aliphatic imine (C=N–C) groups is 1. The third-order valence-corrected chi connectivity index (χ3v) is 2.51. The summed E-state index contributed by atoms with van der Waals surface area (Å²) in [7, 11) is 1.70. The molecule has 0 saturated carbocycles. The molecule has 0 amide bonds. The van der Waals surface area contributed by atoms with E-state index < -0.39 is 0 Å². The molecule has 19 heavy (non-hydrogen) atoms. The normalized spacial score (nSPS) is 11.2. The van der Waals surface area contributed by atoms with Gasteiger partial charge in [0.15, 0.2) is 5.96 Å². The number of guanidine groups is 1. The minimum Gasteiger partial charge on any atom is -0.380 e. The average Bonchev–Trinajstić information content (AvgIpc) is 2.44. The van der Waals surface area contributed by atoms with Crippen molar-refractivity contribution in [3.63, 3.8) is 0 Å². The number of nitrogens with one attached hydrogen (secondary N) is 2. The molecule has 104 valence electrons. The van der Waals surface area contributed by atoms with Crippen molar-refractivity contribution in [1.82, 2.24) is 10.6 Å². The lowest BCUT2D eigenvalue weighted by atomic mass is 10.1. The van der Waals surface area contributed by atoms with Gasteiger partial charge in [-0.15, -0.1) is 6.58 Å². The van der Waals surface area contributed by atoms with Crippen molar-refractivity contribution >= 4 is 5.96 Å². The molecule has 0 aromatic heterocycles. The molecule has 1 rings (SSSR count). The van der Waals surface area contributed by atoms with E-state index >= 15 is 0 Å². The van der Waals surface area contributed by atoms with Crippen LogP contribution in [-0.4, -0.2) is 26.2 Å². The van der Waals surface area contributed by atoms with Crippen molar-refractivity contribution < 1.29 is 4.74 Å². The van der Waals surface area contributed by atoms with Crippen LogP contribution >= 0.6 is 0 Å². The fourth-order valence-corrected chi connectivity index (χ4v) is 1.59. The maximum absolute atomic E-state index is 5.09. The topological polar surface area (TPSA) is 45.7 Å². The summed E-state index contributed by atoms with van der Waals surface area (Å²) in [6.07, 6.45) is 1.81. The molecule has 0 aliphatic heterocycles. The van der Waals surface area contributed by atoms with Gasteiger partial charge in [-0.2, -0.15) is 0 Å². The first-order valence-electron chi connectivity index (χ1n) is 6.50. The van der Waals surface area contributed by atoms with Gasteiger partial charge < -0.3 is 15.4 Å². The van der Waals surface area contributed by atoms with E-state index in [-0.39, 0.29) is 0 Å². The summed E-state index contributed by atoms with van der Waals surface area (Å²) in [5.74, 6) is 0.809. The first-order valence-corrected chi connectivity index (χ1v) is 6.50. The van der Waals surface area contributed by atoms with Crippen LogP contribution < -0.4 is 10.6 Å². The van der Waals surface area contributed by atoms with Gasteiger partial charge in [0.05, 0.1) is 13.2 Å². The Bertz CT molecular complexity index is 398. The molecule has 0 fully saturated rings. The van der Waals surface area contributed by atoms with Gasteiger partial charge in [-0.1, -0.05) is 30.3 Å². The SMILES string of the molecule is C=CCNC(=NCc1ccc(COC)cc1)NCC. The summed E-state index contributed by atoms with van der Waals surface area (Å²) in [4.78, 5) is 4.51. The van der Waals surface area contributed by atoms with E-state index in [0.29, 0.717) is 19.7 Å². The Hall–Kier alpha value is -1.81. The summed E-state index contributed by atoms with van der Waals surface area (Å²) in [5.41, 5.74) is 2.35. The van der Waals surface area contributed by atoms with Crippen LogP contribution in [-0.2, 0) is 17.9 Å². The molecule has 2 N–H and O–H groups in total. The standard InChI is InChI=1S/C15H23N3O/c1-4-10-17-15(16-5-2)18-11-13-6-8-14(9-7-13)12-19-3/h4,6-9H,1,5,10-12H2,2-3H3,(H2,16,17,18). The smallest absolute Gasteiger partial charge is 0.191 e. The maximum atomic E-state index is 5.09. The van der Waals surface area contributed by atoms with Crippen molar-refractivity contribution in [2.45, 2.75) is 20.1 Å². The molecule has 0 aliphatic rings. The highest BCUT2D eigenvalue weighted by molar-refractivity contribution is 5.79. The van der Waals surface area contributed by atoms with Gasteiger partial charge in [0.1, 0.15) is 0 Å². The molecule has 0 radical (unpaired) electrons. The molecule has 0 saturated heterocycles. The molecule has 0 bridgehead atoms. The van der Waals surface area contributed by atoms with Crippen molar-refractivity contribution in [3.8, 4) is 0 Å². The molecule has 0 heterocycles. The number of hydrogen-bond acceptors (Lipinski definition) is 2. The van der Waals surface area contributed by atoms with Gasteiger partial charge in [0.2, 0.25) is 0 Å². The van der Waals surface area contributed by atoms with Crippen LogP contribution in [0, 0.1) is 0 Å². The second-order valence-electron chi connectivity index (χ2n) is 4.11. The first kappa shape index (κ1) is 15.2. The van der Waals surface area contributed by atoms with Crippen molar-refractivity contribution in [2.24, 2.45) is 4.99 Å². The molecular weight excluding hydrogens is 238 g/mol.